The molecule has 0 spiro atoms. The molecule has 0 saturated carbocycles. The molecule has 5 nitrogen and oxygen atoms in total. The van der Waals surface area contributed by atoms with Gasteiger partial charge in [-0.2, -0.15) is 0 Å². The fourth-order valence-electron chi connectivity index (χ4n) is 1.07. The molecule has 1 aromatic heterocycles. The van der Waals surface area contributed by atoms with Gasteiger partial charge < -0.3 is 9.73 Å². The van der Waals surface area contributed by atoms with E-state index < -0.39 is 15.0 Å². The third-order valence-electron chi connectivity index (χ3n) is 1.70. The average Bonchev–Trinajstić information content (AvgIpc) is 2.47. The first-order valence-corrected chi connectivity index (χ1v) is 6.50. The summed E-state index contributed by atoms with van der Waals surface area (Å²) in [6.45, 7) is 3.60. The van der Waals surface area contributed by atoms with Gasteiger partial charge in [0.25, 0.3) is 15.0 Å². The van der Waals surface area contributed by atoms with E-state index in [1.165, 1.54) is 6.92 Å². The lowest BCUT2D eigenvalue weighted by atomic mass is 10.4. The van der Waals surface area contributed by atoms with E-state index >= 15 is 0 Å². The Morgan fingerprint density at radius 1 is 1.60 bits per heavy atom. The number of carbonyl (C=O) groups is 1. The molecule has 1 rings (SSSR count). The van der Waals surface area contributed by atoms with Crippen LogP contribution in [0.4, 0.5) is 0 Å². The quantitative estimate of drug-likeness (QED) is 0.821. The van der Waals surface area contributed by atoms with Gasteiger partial charge in [-0.05, 0) is 13.8 Å². The number of hydrogen-bond acceptors (Lipinski definition) is 4. The van der Waals surface area contributed by atoms with Crippen LogP contribution in [0.25, 0.3) is 0 Å². The summed E-state index contributed by atoms with van der Waals surface area (Å²) < 4.78 is 27.0. The molecule has 0 aromatic carbocycles. The lowest BCUT2D eigenvalue weighted by Crippen LogP contribution is -2.21. The first-order valence-electron chi connectivity index (χ1n) is 4.19. The number of amides is 1. The van der Waals surface area contributed by atoms with Crippen molar-refractivity contribution in [3.63, 3.8) is 0 Å². The zero-order valence-corrected chi connectivity index (χ0v) is 9.78. The predicted octanol–water partition coefficient (Wildman–Crippen LogP) is 1.27. The highest BCUT2D eigenvalue weighted by Crippen LogP contribution is 2.23. The minimum absolute atomic E-state index is 0.0615. The molecule has 0 unspecified atom stereocenters. The third-order valence-corrected chi connectivity index (χ3v) is 3.13. The summed E-state index contributed by atoms with van der Waals surface area (Å²) in [6, 6.07) is 1.11. The highest BCUT2D eigenvalue weighted by atomic mass is 35.7. The third kappa shape index (κ3) is 2.73. The molecule has 0 aliphatic rings. The first-order chi connectivity index (χ1) is 6.86. The normalized spacial score (nSPS) is 11.4. The second kappa shape index (κ2) is 4.24. The zero-order valence-electron chi connectivity index (χ0n) is 8.20. The van der Waals surface area contributed by atoms with Crippen molar-refractivity contribution in [3.05, 3.63) is 17.6 Å². The number of hydrogen-bond donors (Lipinski definition) is 1. The summed E-state index contributed by atoms with van der Waals surface area (Å²) in [5, 5.41) is 2.48. The van der Waals surface area contributed by atoms with Crippen LogP contribution < -0.4 is 5.32 Å². The van der Waals surface area contributed by atoms with E-state index in [0.717, 1.165) is 6.07 Å². The van der Waals surface area contributed by atoms with E-state index in [-0.39, 0.29) is 16.4 Å². The summed E-state index contributed by atoms with van der Waals surface area (Å²) in [5.74, 6) is -0.424. The van der Waals surface area contributed by atoms with Gasteiger partial charge in [0.1, 0.15) is 10.7 Å². The van der Waals surface area contributed by atoms with Gasteiger partial charge in [-0.25, -0.2) is 8.42 Å². The Bertz CT molecular complexity index is 477. The van der Waals surface area contributed by atoms with Crippen LogP contribution in [0.2, 0.25) is 0 Å². The number of nitrogens with one attached hydrogen (secondary N) is 1. The second-order valence-electron chi connectivity index (χ2n) is 2.83. The van der Waals surface area contributed by atoms with E-state index in [9.17, 15) is 13.2 Å². The van der Waals surface area contributed by atoms with Crippen molar-refractivity contribution in [2.45, 2.75) is 18.7 Å². The molecule has 0 radical (unpaired) electrons. The fourth-order valence-corrected chi connectivity index (χ4v) is 2.16. The molecule has 0 bridgehead atoms. The Balaban J connectivity index is 3.12. The molecule has 84 valence electrons. The van der Waals surface area contributed by atoms with Gasteiger partial charge in [-0.15, -0.1) is 0 Å². The SMILES string of the molecule is CCNC(=O)c1cc(S(=O)(=O)Cl)c(C)o1. The van der Waals surface area contributed by atoms with Crippen molar-refractivity contribution >= 4 is 25.6 Å². The summed E-state index contributed by atoms with van der Waals surface area (Å²) in [6.07, 6.45) is 0. The lowest BCUT2D eigenvalue weighted by molar-refractivity contribution is 0.0927. The molecule has 0 fully saturated rings. The van der Waals surface area contributed by atoms with E-state index in [4.69, 9.17) is 15.1 Å². The average molecular weight is 252 g/mol. The van der Waals surface area contributed by atoms with Crippen LogP contribution >= 0.6 is 10.7 Å². The summed E-state index contributed by atoms with van der Waals surface area (Å²) in [4.78, 5) is 11.1. The maximum atomic E-state index is 11.3. The van der Waals surface area contributed by atoms with E-state index in [1.54, 1.807) is 6.92 Å². The Hall–Kier alpha value is -1.01. The van der Waals surface area contributed by atoms with Crippen molar-refractivity contribution in [1.29, 1.82) is 0 Å². The molecule has 0 atom stereocenters. The topological polar surface area (TPSA) is 76.4 Å². The first kappa shape index (κ1) is 12.1. The summed E-state index contributed by atoms with van der Waals surface area (Å²) in [7, 11) is 1.28. The summed E-state index contributed by atoms with van der Waals surface area (Å²) in [5.41, 5.74) is 0. The number of rotatable bonds is 3. The van der Waals surface area contributed by atoms with E-state index in [0.29, 0.717) is 6.54 Å². The molecule has 1 aromatic rings. The second-order valence-corrected chi connectivity index (χ2v) is 5.36. The van der Waals surface area contributed by atoms with Gasteiger partial charge >= 0.3 is 0 Å². The van der Waals surface area contributed by atoms with Crippen LogP contribution in [-0.2, 0) is 9.05 Å². The largest absolute Gasteiger partial charge is 0.455 e. The van der Waals surface area contributed by atoms with E-state index in [2.05, 4.69) is 5.32 Å². The molecule has 7 heteroatoms. The number of furan rings is 1. The monoisotopic (exact) mass is 251 g/mol. The molecule has 1 N–H and O–H groups in total. The van der Waals surface area contributed by atoms with Crippen molar-refractivity contribution in [2.75, 3.05) is 6.54 Å². The molecule has 0 aliphatic carbocycles. The van der Waals surface area contributed by atoms with Crippen molar-refractivity contribution in [3.8, 4) is 0 Å². The number of halogens is 1. The van der Waals surface area contributed by atoms with Crippen LogP contribution in [0.3, 0.4) is 0 Å². The standard InChI is InChI=1S/C8H10ClNO4S/c1-3-10-8(11)6-4-7(5(2)14-6)15(9,12)13/h4H,3H2,1-2H3,(H,10,11). The number of aryl methyl sites for hydroxylation is 1. The van der Waals surface area contributed by atoms with Crippen LogP contribution in [0, 0.1) is 6.92 Å². The smallest absolute Gasteiger partial charge is 0.287 e. The Morgan fingerprint density at radius 2 is 2.20 bits per heavy atom. The van der Waals surface area contributed by atoms with Crippen molar-refractivity contribution < 1.29 is 17.6 Å². The zero-order chi connectivity index (χ0) is 11.6. The van der Waals surface area contributed by atoms with Gasteiger partial charge in [0.05, 0.1) is 0 Å². The van der Waals surface area contributed by atoms with Crippen LogP contribution in [-0.4, -0.2) is 20.9 Å². The molecule has 1 heterocycles. The minimum atomic E-state index is -3.86. The maximum absolute atomic E-state index is 11.3. The molecule has 1 amide bonds. The molecule has 15 heavy (non-hydrogen) atoms. The Kier molecular flexibility index (Phi) is 3.41. The Labute approximate surface area is 91.8 Å². The highest BCUT2D eigenvalue weighted by Gasteiger charge is 2.21. The van der Waals surface area contributed by atoms with Crippen molar-refractivity contribution in [2.24, 2.45) is 0 Å². The van der Waals surface area contributed by atoms with Gasteiger partial charge in [-0.1, -0.05) is 0 Å². The van der Waals surface area contributed by atoms with Crippen LogP contribution in [0.5, 0.6) is 0 Å². The van der Waals surface area contributed by atoms with Crippen LogP contribution in [0.1, 0.15) is 23.2 Å². The lowest BCUT2D eigenvalue weighted by Gasteiger charge is -1.95. The van der Waals surface area contributed by atoms with E-state index in [1.807, 2.05) is 0 Å². The van der Waals surface area contributed by atoms with Gasteiger partial charge in [0, 0.05) is 23.3 Å². The van der Waals surface area contributed by atoms with Crippen molar-refractivity contribution in [1.82, 2.24) is 5.32 Å². The molecule has 0 saturated heterocycles. The maximum Gasteiger partial charge on any atom is 0.287 e. The molecular weight excluding hydrogens is 242 g/mol. The summed E-state index contributed by atoms with van der Waals surface area (Å²) >= 11 is 0. The van der Waals surface area contributed by atoms with Gasteiger partial charge in [0.2, 0.25) is 0 Å². The Morgan fingerprint density at radius 3 is 2.60 bits per heavy atom. The predicted molar refractivity (Wildman–Crippen MR) is 54.5 cm³/mol. The van der Waals surface area contributed by atoms with Gasteiger partial charge in [0.15, 0.2) is 5.76 Å². The van der Waals surface area contributed by atoms with Crippen LogP contribution in [0.15, 0.2) is 15.4 Å². The fraction of sp³-hybridized carbons (Fsp3) is 0.375. The minimum Gasteiger partial charge on any atom is -0.455 e. The molecule has 0 aliphatic heterocycles. The van der Waals surface area contributed by atoms with Gasteiger partial charge in [-0.3, -0.25) is 4.79 Å². The highest BCUT2D eigenvalue weighted by molar-refractivity contribution is 8.13. The number of carbonyl (C=O) groups excluding carboxylic acids is 1. The molecular formula is C8H10ClNO4S.